The Kier molecular flexibility index (Phi) is 1.92. The molecule has 3 aliphatic carbocycles. The zero-order valence-electron chi connectivity index (χ0n) is 7.66. The number of aliphatic hydroxyl groups excluding tert-OH is 2. The summed E-state index contributed by atoms with van der Waals surface area (Å²) in [6.07, 6.45) is 3.61. The first kappa shape index (κ1) is 8.52. The minimum atomic E-state index is 0.144. The fourth-order valence-electron chi connectivity index (χ4n) is 3.25. The van der Waals surface area contributed by atoms with E-state index in [-0.39, 0.29) is 5.41 Å². The quantitative estimate of drug-likeness (QED) is 0.649. The number of fused-ring (bicyclic) bond motifs is 2. The van der Waals surface area contributed by atoms with E-state index < -0.39 is 0 Å². The molecule has 2 N–H and O–H groups in total. The number of hydrogen-bond donors (Lipinski definition) is 2. The second-order valence-corrected chi connectivity index (χ2v) is 4.72. The van der Waals surface area contributed by atoms with Crippen LogP contribution < -0.4 is 0 Å². The molecular weight excluding hydrogens is 152 g/mol. The summed E-state index contributed by atoms with van der Waals surface area (Å²) < 4.78 is 0. The van der Waals surface area contributed by atoms with Crippen molar-refractivity contribution < 1.29 is 10.2 Å². The summed E-state index contributed by atoms with van der Waals surface area (Å²) in [6, 6.07) is 0. The van der Waals surface area contributed by atoms with E-state index in [4.69, 9.17) is 5.11 Å². The standard InChI is InChI=1S/C10H18O2/c1-10(6-12)8-3-2-7(5-11)9(10)4-8/h7-9,11-12H,2-6H2,1H3/t7?,8-,9-,10+/m0/s1. The van der Waals surface area contributed by atoms with Crippen molar-refractivity contribution in [1.29, 1.82) is 0 Å². The van der Waals surface area contributed by atoms with Gasteiger partial charge in [-0.25, -0.2) is 0 Å². The van der Waals surface area contributed by atoms with Gasteiger partial charge in [-0.3, -0.25) is 0 Å². The molecule has 0 radical (unpaired) electrons. The third-order valence-electron chi connectivity index (χ3n) is 4.35. The fraction of sp³-hybridized carbons (Fsp3) is 1.00. The van der Waals surface area contributed by atoms with Crippen molar-refractivity contribution in [3.8, 4) is 0 Å². The summed E-state index contributed by atoms with van der Waals surface area (Å²) in [7, 11) is 0. The molecule has 0 aromatic heterocycles. The lowest BCUT2D eigenvalue weighted by Crippen LogP contribution is -2.56. The molecule has 0 heterocycles. The van der Waals surface area contributed by atoms with Crippen molar-refractivity contribution >= 4 is 0 Å². The third-order valence-corrected chi connectivity index (χ3v) is 4.35. The molecular formula is C10H18O2. The van der Waals surface area contributed by atoms with Crippen LogP contribution in [0.3, 0.4) is 0 Å². The van der Waals surface area contributed by atoms with Crippen LogP contribution in [0, 0.1) is 23.2 Å². The van der Waals surface area contributed by atoms with Crippen LogP contribution in [-0.4, -0.2) is 23.4 Å². The average Bonchev–Trinajstić information content (AvgIpc) is 2.16. The summed E-state index contributed by atoms with van der Waals surface area (Å²) in [5, 5.41) is 18.4. The molecule has 70 valence electrons. The van der Waals surface area contributed by atoms with E-state index in [1.807, 2.05) is 0 Å². The van der Waals surface area contributed by atoms with E-state index >= 15 is 0 Å². The van der Waals surface area contributed by atoms with Gasteiger partial charge in [-0.15, -0.1) is 0 Å². The maximum atomic E-state index is 9.28. The lowest BCUT2D eigenvalue weighted by atomic mass is 9.45. The highest BCUT2D eigenvalue weighted by Gasteiger charge is 2.56. The zero-order valence-corrected chi connectivity index (χ0v) is 7.66. The van der Waals surface area contributed by atoms with Crippen molar-refractivity contribution in [3.63, 3.8) is 0 Å². The molecule has 0 amide bonds. The van der Waals surface area contributed by atoms with Crippen molar-refractivity contribution in [2.45, 2.75) is 26.2 Å². The van der Waals surface area contributed by atoms with Gasteiger partial charge in [0.25, 0.3) is 0 Å². The van der Waals surface area contributed by atoms with Crippen molar-refractivity contribution in [2.24, 2.45) is 23.2 Å². The normalized spacial score (nSPS) is 51.8. The van der Waals surface area contributed by atoms with E-state index in [2.05, 4.69) is 6.92 Å². The first-order chi connectivity index (χ1) is 5.72. The maximum Gasteiger partial charge on any atom is 0.0490 e. The van der Waals surface area contributed by atoms with Crippen LogP contribution in [0.5, 0.6) is 0 Å². The predicted molar refractivity (Wildman–Crippen MR) is 46.6 cm³/mol. The van der Waals surface area contributed by atoms with Crippen molar-refractivity contribution in [2.75, 3.05) is 13.2 Å². The molecule has 3 aliphatic rings. The van der Waals surface area contributed by atoms with Crippen LogP contribution in [0.25, 0.3) is 0 Å². The van der Waals surface area contributed by atoms with Crippen LogP contribution >= 0.6 is 0 Å². The summed E-state index contributed by atoms with van der Waals surface area (Å²) in [4.78, 5) is 0. The molecule has 2 bridgehead atoms. The summed E-state index contributed by atoms with van der Waals surface area (Å²) in [5.41, 5.74) is 0.144. The maximum absolute atomic E-state index is 9.28. The highest BCUT2D eigenvalue weighted by atomic mass is 16.3. The highest BCUT2D eigenvalue weighted by Crippen LogP contribution is 2.61. The zero-order chi connectivity index (χ0) is 8.77. The molecule has 0 aromatic rings. The SMILES string of the molecule is C[C@@]1(CO)[C@H]2CCC(CO)[C@@H]1C2. The van der Waals surface area contributed by atoms with Gasteiger partial charge in [-0.2, -0.15) is 0 Å². The summed E-state index contributed by atoms with van der Waals surface area (Å²) in [6.45, 7) is 2.79. The molecule has 2 heteroatoms. The molecule has 0 aromatic carbocycles. The fourth-order valence-corrected chi connectivity index (χ4v) is 3.25. The van der Waals surface area contributed by atoms with Crippen LogP contribution in [0.1, 0.15) is 26.2 Å². The molecule has 12 heavy (non-hydrogen) atoms. The van der Waals surface area contributed by atoms with Crippen LogP contribution in [0.15, 0.2) is 0 Å². The van der Waals surface area contributed by atoms with E-state index in [0.29, 0.717) is 25.0 Å². The van der Waals surface area contributed by atoms with E-state index in [9.17, 15) is 5.11 Å². The van der Waals surface area contributed by atoms with Gasteiger partial charge in [0.05, 0.1) is 0 Å². The molecule has 0 spiro atoms. The van der Waals surface area contributed by atoms with Gasteiger partial charge in [-0.05, 0) is 42.4 Å². The second-order valence-electron chi connectivity index (χ2n) is 4.72. The number of rotatable bonds is 2. The summed E-state index contributed by atoms with van der Waals surface area (Å²) in [5.74, 6) is 1.79. The molecule has 1 unspecified atom stereocenters. The van der Waals surface area contributed by atoms with E-state index in [1.54, 1.807) is 0 Å². The van der Waals surface area contributed by atoms with Crippen molar-refractivity contribution in [1.82, 2.24) is 0 Å². The Labute approximate surface area is 73.6 Å². The topological polar surface area (TPSA) is 40.5 Å². The lowest BCUT2D eigenvalue weighted by molar-refractivity contribution is -0.152. The second kappa shape index (κ2) is 2.71. The number of hydrogen-bond acceptors (Lipinski definition) is 2. The molecule has 3 fully saturated rings. The van der Waals surface area contributed by atoms with Crippen LogP contribution in [0.2, 0.25) is 0 Å². The van der Waals surface area contributed by atoms with Gasteiger partial charge >= 0.3 is 0 Å². The Morgan fingerprint density at radius 1 is 1.33 bits per heavy atom. The molecule has 4 atom stereocenters. The molecule has 3 rings (SSSR count). The van der Waals surface area contributed by atoms with Gasteiger partial charge in [0.1, 0.15) is 0 Å². The Morgan fingerprint density at radius 3 is 2.58 bits per heavy atom. The Balaban J connectivity index is 2.11. The Hall–Kier alpha value is -0.0800. The van der Waals surface area contributed by atoms with Gasteiger partial charge in [0.15, 0.2) is 0 Å². The monoisotopic (exact) mass is 170 g/mol. The van der Waals surface area contributed by atoms with E-state index in [1.165, 1.54) is 19.3 Å². The lowest BCUT2D eigenvalue weighted by Gasteiger charge is -2.60. The highest BCUT2D eigenvalue weighted by molar-refractivity contribution is 5.05. The minimum Gasteiger partial charge on any atom is -0.396 e. The Morgan fingerprint density at radius 2 is 2.08 bits per heavy atom. The molecule has 0 saturated heterocycles. The van der Waals surface area contributed by atoms with Crippen molar-refractivity contribution in [3.05, 3.63) is 0 Å². The van der Waals surface area contributed by atoms with Crippen LogP contribution in [-0.2, 0) is 0 Å². The first-order valence-electron chi connectivity index (χ1n) is 4.94. The van der Waals surface area contributed by atoms with Gasteiger partial charge < -0.3 is 10.2 Å². The smallest absolute Gasteiger partial charge is 0.0490 e. The van der Waals surface area contributed by atoms with Gasteiger partial charge in [0, 0.05) is 13.2 Å². The van der Waals surface area contributed by atoms with Gasteiger partial charge in [-0.1, -0.05) is 6.92 Å². The minimum absolute atomic E-state index is 0.144. The first-order valence-corrected chi connectivity index (χ1v) is 4.94. The van der Waals surface area contributed by atoms with Crippen LogP contribution in [0.4, 0.5) is 0 Å². The van der Waals surface area contributed by atoms with E-state index in [0.717, 1.165) is 5.92 Å². The third kappa shape index (κ3) is 0.882. The molecule has 3 saturated carbocycles. The largest absolute Gasteiger partial charge is 0.396 e. The average molecular weight is 170 g/mol. The Bertz CT molecular complexity index is 179. The number of aliphatic hydroxyl groups is 2. The molecule has 0 aliphatic heterocycles. The summed E-state index contributed by atoms with van der Waals surface area (Å²) >= 11 is 0. The molecule has 2 nitrogen and oxygen atoms in total. The predicted octanol–water partition coefficient (Wildman–Crippen LogP) is 1.02. The van der Waals surface area contributed by atoms with Gasteiger partial charge in [0.2, 0.25) is 0 Å².